The van der Waals surface area contributed by atoms with Crippen molar-refractivity contribution < 1.29 is 4.79 Å². The third-order valence-corrected chi connectivity index (χ3v) is 6.04. The minimum atomic E-state index is 0.0261. The highest BCUT2D eigenvalue weighted by atomic mass is 16.1. The maximum Gasteiger partial charge on any atom is 0.251 e. The van der Waals surface area contributed by atoms with Gasteiger partial charge in [-0.3, -0.25) is 9.69 Å². The highest BCUT2D eigenvalue weighted by molar-refractivity contribution is 5.95. The quantitative estimate of drug-likeness (QED) is 0.882. The molecule has 2 aromatic rings. The number of anilines is 1. The SMILES string of the molecule is Cc1ccccc1C(=O)NCC(c1ccc2c(c1)CCN2C)N1CCCC1. The van der Waals surface area contributed by atoms with Crippen molar-refractivity contribution in [3.8, 4) is 0 Å². The Hall–Kier alpha value is -2.33. The van der Waals surface area contributed by atoms with Crippen LogP contribution in [0.2, 0.25) is 0 Å². The molecular weight excluding hydrogens is 334 g/mol. The van der Waals surface area contributed by atoms with Gasteiger partial charge in [0.05, 0.1) is 6.04 Å². The molecule has 4 nitrogen and oxygen atoms in total. The summed E-state index contributed by atoms with van der Waals surface area (Å²) in [5.41, 5.74) is 5.91. The van der Waals surface area contributed by atoms with Crippen molar-refractivity contribution in [1.82, 2.24) is 10.2 Å². The van der Waals surface area contributed by atoms with Gasteiger partial charge >= 0.3 is 0 Å². The second-order valence-electron chi connectivity index (χ2n) is 7.84. The minimum absolute atomic E-state index is 0.0261. The fourth-order valence-electron chi connectivity index (χ4n) is 4.42. The number of fused-ring (bicyclic) bond motifs is 1. The fraction of sp³-hybridized carbons (Fsp3) is 0.435. The van der Waals surface area contributed by atoms with Gasteiger partial charge in [-0.25, -0.2) is 0 Å². The Morgan fingerprint density at radius 3 is 2.67 bits per heavy atom. The second-order valence-corrected chi connectivity index (χ2v) is 7.84. The van der Waals surface area contributed by atoms with Crippen LogP contribution in [0.25, 0.3) is 0 Å². The van der Waals surface area contributed by atoms with Crippen LogP contribution in [0.3, 0.4) is 0 Å². The lowest BCUT2D eigenvalue weighted by Gasteiger charge is -2.29. The van der Waals surface area contributed by atoms with Crippen LogP contribution in [0, 0.1) is 6.92 Å². The van der Waals surface area contributed by atoms with Gasteiger partial charge in [0.1, 0.15) is 0 Å². The number of nitrogens with one attached hydrogen (secondary N) is 1. The number of hydrogen-bond donors (Lipinski definition) is 1. The highest BCUT2D eigenvalue weighted by Crippen LogP contribution is 2.32. The summed E-state index contributed by atoms with van der Waals surface area (Å²) in [6, 6.07) is 14.9. The van der Waals surface area contributed by atoms with Crippen LogP contribution >= 0.6 is 0 Å². The Labute approximate surface area is 162 Å². The van der Waals surface area contributed by atoms with Gasteiger partial charge in [-0.1, -0.05) is 30.3 Å². The molecule has 1 N–H and O–H groups in total. The molecule has 2 aliphatic rings. The Morgan fingerprint density at radius 2 is 1.89 bits per heavy atom. The van der Waals surface area contributed by atoms with Crippen LogP contribution < -0.4 is 10.2 Å². The number of hydrogen-bond acceptors (Lipinski definition) is 3. The molecule has 1 atom stereocenters. The predicted molar refractivity (Wildman–Crippen MR) is 110 cm³/mol. The molecule has 1 unspecified atom stereocenters. The van der Waals surface area contributed by atoms with E-state index in [-0.39, 0.29) is 11.9 Å². The topological polar surface area (TPSA) is 35.6 Å². The third kappa shape index (κ3) is 3.72. The minimum Gasteiger partial charge on any atom is -0.374 e. The molecule has 4 heteroatoms. The Balaban J connectivity index is 1.53. The molecule has 1 fully saturated rings. The maximum absolute atomic E-state index is 12.7. The van der Waals surface area contributed by atoms with Crippen molar-refractivity contribution >= 4 is 11.6 Å². The maximum atomic E-state index is 12.7. The van der Waals surface area contributed by atoms with Gasteiger partial charge < -0.3 is 10.2 Å². The van der Waals surface area contributed by atoms with E-state index in [9.17, 15) is 4.79 Å². The molecule has 0 spiro atoms. The molecule has 0 radical (unpaired) electrons. The lowest BCUT2D eigenvalue weighted by molar-refractivity contribution is 0.0937. The zero-order valence-corrected chi connectivity index (χ0v) is 16.4. The monoisotopic (exact) mass is 363 g/mol. The zero-order chi connectivity index (χ0) is 18.8. The van der Waals surface area contributed by atoms with E-state index in [2.05, 4.69) is 40.4 Å². The molecule has 2 heterocycles. The first-order chi connectivity index (χ1) is 13.1. The summed E-state index contributed by atoms with van der Waals surface area (Å²) in [7, 11) is 2.16. The van der Waals surface area contributed by atoms with E-state index in [0.29, 0.717) is 6.54 Å². The number of rotatable bonds is 5. The largest absolute Gasteiger partial charge is 0.374 e. The molecule has 0 aliphatic carbocycles. The molecule has 2 aliphatic heterocycles. The summed E-state index contributed by atoms with van der Waals surface area (Å²) in [4.78, 5) is 17.6. The van der Waals surface area contributed by atoms with Crippen molar-refractivity contribution in [3.63, 3.8) is 0 Å². The van der Waals surface area contributed by atoms with Crippen LogP contribution in [0.15, 0.2) is 42.5 Å². The molecule has 0 aromatic heterocycles. The molecule has 4 rings (SSSR count). The van der Waals surface area contributed by atoms with Gasteiger partial charge in [0, 0.05) is 31.4 Å². The van der Waals surface area contributed by atoms with Crippen LogP contribution in [-0.4, -0.2) is 44.0 Å². The number of likely N-dealkylation sites (tertiary alicyclic amines) is 1. The average molecular weight is 364 g/mol. The number of aryl methyl sites for hydroxylation is 1. The summed E-state index contributed by atoms with van der Waals surface area (Å²) in [5, 5.41) is 3.20. The number of benzene rings is 2. The highest BCUT2D eigenvalue weighted by Gasteiger charge is 2.26. The number of likely N-dealkylation sites (N-methyl/N-ethyl adjacent to an activating group) is 1. The fourth-order valence-corrected chi connectivity index (χ4v) is 4.42. The van der Waals surface area contributed by atoms with Crippen LogP contribution in [-0.2, 0) is 6.42 Å². The van der Waals surface area contributed by atoms with Gasteiger partial charge in [0.25, 0.3) is 5.91 Å². The van der Waals surface area contributed by atoms with Crippen molar-refractivity contribution in [1.29, 1.82) is 0 Å². The average Bonchev–Trinajstić information content (AvgIpc) is 3.33. The van der Waals surface area contributed by atoms with Crippen LogP contribution in [0.5, 0.6) is 0 Å². The lowest BCUT2D eigenvalue weighted by Crippen LogP contribution is -2.37. The molecule has 0 saturated carbocycles. The van der Waals surface area contributed by atoms with E-state index in [1.807, 2.05) is 31.2 Å². The van der Waals surface area contributed by atoms with Crippen molar-refractivity contribution in [3.05, 3.63) is 64.7 Å². The van der Waals surface area contributed by atoms with Crippen LogP contribution in [0.4, 0.5) is 5.69 Å². The van der Waals surface area contributed by atoms with Crippen molar-refractivity contribution in [2.24, 2.45) is 0 Å². The van der Waals surface area contributed by atoms with E-state index >= 15 is 0 Å². The first-order valence-corrected chi connectivity index (χ1v) is 10.1. The van der Waals surface area contributed by atoms with E-state index in [1.54, 1.807) is 0 Å². The summed E-state index contributed by atoms with van der Waals surface area (Å²) >= 11 is 0. The van der Waals surface area contributed by atoms with Gasteiger partial charge in [-0.05, 0) is 68.1 Å². The first kappa shape index (κ1) is 18.1. The summed E-state index contributed by atoms with van der Waals surface area (Å²) < 4.78 is 0. The molecular formula is C23H29N3O. The van der Waals surface area contributed by atoms with Gasteiger partial charge in [0.15, 0.2) is 0 Å². The number of carbonyl (C=O) groups excluding carboxylic acids is 1. The molecule has 1 amide bonds. The van der Waals surface area contributed by atoms with E-state index in [0.717, 1.165) is 37.2 Å². The summed E-state index contributed by atoms with van der Waals surface area (Å²) in [6.45, 7) is 5.96. The Kier molecular flexibility index (Phi) is 5.17. The molecule has 1 saturated heterocycles. The zero-order valence-electron chi connectivity index (χ0n) is 16.4. The molecule has 142 valence electrons. The van der Waals surface area contributed by atoms with E-state index in [4.69, 9.17) is 0 Å². The third-order valence-electron chi connectivity index (χ3n) is 6.04. The van der Waals surface area contributed by atoms with Crippen molar-refractivity contribution in [2.45, 2.75) is 32.2 Å². The second kappa shape index (κ2) is 7.73. The van der Waals surface area contributed by atoms with E-state index in [1.165, 1.54) is 29.7 Å². The van der Waals surface area contributed by atoms with Crippen molar-refractivity contribution in [2.75, 3.05) is 38.1 Å². The Bertz CT molecular complexity index is 826. The standard InChI is InChI=1S/C23H29N3O/c1-17-7-3-4-8-20(17)23(27)24-16-22(26-12-5-6-13-26)18-9-10-21-19(15-18)11-14-25(21)2/h3-4,7-10,15,22H,5-6,11-14,16H2,1-2H3,(H,24,27). The Morgan fingerprint density at radius 1 is 1.11 bits per heavy atom. The molecule has 2 aromatic carbocycles. The predicted octanol–water partition coefficient (Wildman–Crippen LogP) is 3.55. The van der Waals surface area contributed by atoms with Gasteiger partial charge in [-0.2, -0.15) is 0 Å². The first-order valence-electron chi connectivity index (χ1n) is 10.1. The smallest absolute Gasteiger partial charge is 0.251 e. The number of nitrogens with zero attached hydrogens (tertiary/aromatic N) is 2. The van der Waals surface area contributed by atoms with E-state index < -0.39 is 0 Å². The molecule has 27 heavy (non-hydrogen) atoms. The number of carbonyl (C=O) groups is 1. The number of amides is 1. The van der Waals surface area contributed by atoms with Gasteiger partial charge in [0.2, 0.25) is 0 Å². The normalized spacial score (nSPS) is 17.8. The van der Waals surface area contributed by atoms with Crippen LogP contribution in [0.1, 0.15) is 45.9 Å². The lowest BCUT2D eigenvalue weighted by atomic mass is 10.0. The molecule has 0 bridgehead atoms. The summed E-state index contributed by atoms with van der Waals surface area (Å²) in [5.74, 6) is 0.0261. The summed E-state index contributed by atoms with van der Waals surface area (Å²) in [6.07, 6.45) is 3.60. The van der Waals surface area contributed by atoms with Gasteiger partial charge in [-0.15, -0.1) is 0 Å².